The molecule has 0 fully saturated rings. The van der Waals surface area contributed by atoms with E-state index in [0.717, 1.165) is 119 Å². The molecule has 466 valence electrons. The van der Waals surface area contributed by atoms with E-state index in [1.54, 1.807) is 0 Å². The van der Waals surface area contributed by atoms with Gasteiger partial charge in [0.05, 0.1) is 33.1 Å². The molecule has 2 aromatic heterocycles. The molecule has 0 saturated carbocycles. The third-order valence-electron chi connectivity index (χ3n) is 20.8. The Kier molecular flexibility index (Phi) is 12.9. The molecule has 0 saturated heterocycles. The second-order valence-corrected chi connectivity index (χ2v) is 28.3. The summed E-state index contributed by atoms with van der Waals surface area (Å²) < 4.78 is 12.5. The molecule has 0 unspecified atom stereocenters. The molecule has 0 radical (unpaired) electrons. The van der Waals surface area contributed by atoms with Gasteiger partial charge < -0.3 is 29.2 Å². The lowest BCUT2D eigenvalue weighted by Crippen LogP contribution is -2.64. The second kappa shape index (κ2) is 22.6. The van der Waals surface area contributed by atoms with Crippen LogP contribution in [0.2, 0.25) is 0 Å². The molecule has 0 spiro atoms. The number of hydrogen-bond donors (Lipinski definition) is 0. The number of benzene rings is 15. The van der Waals surface area contributed by atoms with Crippen molar-refractivity contribution in [3.05, 3.63) is 346 Å². The van der Waals surface area contributed by atoms with Crippen LogP contribution < -0.4 is 62.0 Å². The van der Waals surface area contributed by atoms with Crippen LogP contribution >= 0.6 is 22.7 Å². The predicted octanol–water partition coefficient (Wildman–Crippen LogP) is 21.5. The van der Waals surface area contributed by atoms with Crippen molar-refractivity contribution in [3.63, 3.8) is 0 Å². The minimum absolute atomic E-state index is 0.218. The van der Waals surface area contributed by atoms with Gasteiger partial charge in [0.1, 0.15) is 11.5 Å². The fourth-order valence-corrected chi connectivity index (χ4v) is 19.1. The van der Waals surface area contributed by atoms with Crippen molar-refractivity contribution in [1.82, 2.24) is 0 Å². The van der Waals surface area contributed by atoms with Gasteiger partial charge in [-0.15, -0.1) is 22.7 Å². The van der Waals surface area contributed by atoms with E-state index in [2.05, 4.69) is 370 Å². The van der Waals surface area contributed by atoms with Gasteiger partial charge >= 0.3 is 0 Å². The van der Waals surface area contributed by atoms with Crippen molar-refractivity contribution in [2.45, 2.75) is 0 Å². The van der Waals surface area contributed by atoms with Crippen molar-refractivity contribution in [1.29, 1.82) is 0 Å². The molecule has 4 aliphatic heterocycles. The highest BCUT2D eigenvalue weighted by Crippen LogP contribution is 2.55. The van der Waals surface area contributed by atoms with Crippen molar-refractivity contribution in [3.8, 4) is 22.6 Å². The molecule has 100 heavy (non-hydrogen) atoms. The van der Waals surface area contributed by atoms with E-state index in [1.165, 1.54) is 62.2 Å². The number of hydrogen-bond acceptors (Lipinski definition) is 8. The fraction of sp³-hybridized carbons (Fsp3) is 0. The molecular weight excluding hydrogens is 1250 g/mol. The fourth-order valence-electron chi connectivity index (χ4n) is 16.7. The zero-order valence-corrected chi connectivity index (χ0v) is 55.7. The van der Waals surface area contributed by atoms with Crippen LogP contribution in [-0.4, -0.2) is 13.4 Å². The summed E-state index contributed by atoms with van der Waals surface area (Å²) >= 11 is 3.71. The lowest BCUT2D eigenvalue weighted by molar-refractivity contribution is 0.487. The Morgan fingerprint density at radius 2 is 0.780 bits per heavy atom. The maximum atomic E-state index is 7.55. The van der Waals surface area contributed by atoms with Crippen LogP contribution in [0.15, 0.2) is 346 Å². The summed E-state index contributed by atoms with van der Waals surface area (Å²) in [5.41, 5.74) is 25.6. The molecule has 0 aliphatic carbocycles. The topological polar surface area (TPSA) is 25.4 Å². The zero-order valence-electron chi connectivity index (χ0n) is 54.0. The zero-order chi connectivity index (χ0) is 65.5. The van der Waals surface area contributed by atoms with Gasteiger partial charge in [0.25, 0.3) is 13.4 Å². The molecule has 0 N–H and O–H groups in total. The second-order valence-electron chi connectivity index (χ2n) is 26.2. The average Bonchev–Trinajstić information content (AvgIpc) is 0.734. The first-order valence-corrected chi connectivity index (χ1v) is 35.8. The van der Waals surface area contributed by atoms with Crippen LogP contribution in [0.25, 0.3) is 51.5 Å². The Hall–Kier alpha value is -12.3. The summed E-state index contributed by atoms with van der Waals surface area (Å²) in [7, 11) is 0. The van der Waals surface area contributed by atoms with Crippen LogP contribution in [0.3, 0.4) is 0 Å². The molecule has 0 bridgehead atoms. The summed E-state index contributed by atoms with van der Waals surface area (Å²) in [6.07, 6.45) is 0. The van der Waals surface area contributed by atoms with Gasteiger partial charge in [0.15, 0.2) is 0 Å². The smallest absolute Gasteiger partial charge is 0.256 e. The molecule has 0 atom stereocenters. The lowest BCUT2D eigenvalue weighted by Gasteiger charge is -2.47. The summed E-state index contributed by atoms with van der Waals surface area (Å²) in [6, 6.07) is 128. The van der Waals surface area contributed by atoms with Crippen LogP contribution in [-0.2, 0) is 0 Å². The molecule has 17 aromatic rings. The van der Waals surface area contributed by atoms with Crippen LogP contribution in [0.1, 0.15) is 0 Å². The molecule has 4 aliphatic rings. The number of nitrogens with zero attached hydrogens (tertiary/aromatic N) is 5. The normalized spacial score (nSPS) is 13.0. The number of rotatable bonds is 10. The van der Waals surface area contributed by atoms with Gasteiger partial charge in [-0.05, 0) is 160 Å². The van der Waals surface area contributed by atoms with Crippen LogP contribution in [0, 0.1) is 0 Å². The maximum Gasteiger partial charge on any atom is 0.256 e. The third kappa shape index (κ3) is 8.64. The van der Waals surface area contributed by atoms with E-state index in [-0.39, 0.29) is 13.4 Å². The highest BCUT2D eigenvalue weighted by atomic mass is 32.1. The molecule has 0 amide bonds. The number of ether oxygens (including phenoxy) is 1. The molecular formula is C90H57B2N5OS2. The van der Waals surface area contributed by atoms with Crippen LogP contribution in [0.5, 0.6) is 11.5 Å². The third-order valence-corrected chi connectivity index (χ3v) is 23.1. The first-order chi connectivity index (χ1) is 49.6. The van der Waals surface area contributed by atoms with E-state index in [4.69, 9.17) is 4.74 Å². The van der Waals surface area contributed by atoms with E-state index in [9.17, 15) is 0 Å². The van der Waals surface area contributed by atoms with Gasteiger partial charge in [0, 0.05) is 104 Å². The Morgan fingerprint density at radius 3 is 1.50 bits per heavy atom. The molecule has 6 heterocycles. The summed E-state index contributed by atoms with van der Waals surface area (Å²) in [5, 5.41) is 4.93. The van der Waals surface area contributed by atoms with Gasteiger partial charge in [-0.25, -0.2) is 0 Å². The van der Waals surface area contributed by atoms with Gasteiger partial charge in [-0.2, -0.15) is 0 Å². The van der Waals surface area contributed by atoms with Gasteiger partial charge in [-0.1, -0.05) is 218 Å². The van der Waals surface area contributed by atoms with Crippen molar-refractivity contribution in [2.75, 3.05) is 24.5 Å². The van der Waals surface area contributed by atoms with Crippen molar-refractivity contribution < 1.29 is 4.74 Å². The highest BCUT2D eigenvalue weighted by molar-refractivity contribution is 7.26. The molecule has 21 rings (SSSR count). The average molecular weight is 1310 g/mol. The SMILES string of the molecule is c1ccc(-c2ccccc2N2c3cc4c(cc3B3c5ccccc5N(c5ccccc5)c5cc(N(c6ccccc6)c6ccccc6)cc2c53)B2c3ccccc3Oc3cc(N(c5ccccc5)c5cccc6c5sc5ccccc56)cc(c32)N4c2cccc3sc4ccccc4c23)cc1. The van der Waals surface area contributed by atoms with E-state index >= 15 is 0 Å². The Balaban J connectivity index is 0.906. The van der Waals surface area contributed by atoms with Gasteiger partial charge in [0.2, 0.25) is 0 Å². The number of anilines is 15. The van der Waals surface area contributed by atoms with Crippen molar-refractivity contribution in [2.24, 2.45) is 0 Å². The summed E-state index contributed by atoms with van der Waals surface area (Å²) in [5.74, 6) is 1.68. The Morgan fingerprint density at radius 1 is 0.280 bits per heavy atom. The highest BCUT2D eigenvalue weighted by Gasteiger charge is 2.49. The van der Waals surface area contributed by atoms with Crippen LogP contribution in [0.4, 0.5) is 85.3 Å². The minimum Gasteiger partial charge on any atom is -0.458 e. The first-order valence-electron chi connectivity index (χ1n) is 34.2. The summed E-state index contributed by atoms with van der Waals surface area (Å²) in [6.45, 7) is -0.460. The standard InChI is InChI=1S/C90H57B2N5OS2/c1-6-28-58(29-7-1)65-38-16-21-44-73(65)96-77-57-78-72(56-71(77)91-69-42-19-22-45-74(69)95(62-36-14-5-15-37-62)79-52-63(53-80(96)88(79)91)93(59-30-8-2-9-31-59)60-32-10-3-11-33-60)92-70-43-20-23-48-82(70)98-83-55-64(54-81(89(83)92)97(78)75-46-27-51-86-87(75)68-40-18-25-50-85(68)99-86)94(61-34-12-4-13-35-61)76-47-26-41-67-66-39-17-24-49-84(66)100-90(67)76/h1-57H. The van der Waals surface area contributed by atoms with Crippen molar-refractivity contribution >= 4 is 195 Å². The van der Waals surface area contributed by atoms with E-state index in [1.807, 2.05) is 22.7 Å². The molecule has 10 heteroatoms. The van der Waals surface area contributed by atoms with E-state index < -0.39 is 0 Å². The molecule has 15 aromatic carbocycles. The number of thiophene rings is 2. The summed E-state index contributed by atoms with van der Waals surface area (Å²) in [4.78, 5) is 12.7. The largest absolute Gasteiger partial charge is 0.458 e. The number of para-hydroxylation sites is 7. The maximum absolute atomic E-state index is 7.55. The first kappa shape index (κ1) is 56.8. The number of fused-ring (bicyclic) bond motifs is 14. The van der Waals surface area contributed by atoms with E-state index in [0.29, 0.717) is 0 Å². The Labute approximate surface area is 588 Å². The predicted molar refractivity (Wildman–Crippen MR) is 427 cm³/mol. The quantitative estimate of drug-likeness (QED) is 0.127. The monoisotopic (exact) mass is 1310 g/mol. The minimum atomic E-state index is -0.242. The molecule has 6 nitrogen and oxygen atoms in total. The lowest BCUT2D eigenvalue weighted by atomic mass is 9.30. The Bertz CT molecular complexity index is 6110. The van der Waals surface area contributed by atoms with Gasteiger partial charge in [-0.3, -0.25) is 0 Å².